The van der Waals surface area contributed by atoms with Crippen LogP contribution in [0.25, 0.3) is 43.9 Å². The van der Waals surface area contributed by atoms with Crippen LogP contribution in [0.2, 0.25) is 0 Å². The highest BCUT2D eigenvalue weighted by Crippen LogP contribution is 2.42. The standard InChI is InChI=1S/C20H4F4N6O2/c21-11-12(22)14(24)16-15(13(11)23)28-18-6-2-7-5(1-8(6)20(32)30(16)18)17-27-9(3-25)10(4-26)29(17)19(7)31/h1-2,31-32H. The Hall–Kier alpha value is -4.84. The Bertz CT molecular complexity index is 1930. The molecular formula is C20H4F4N6O2. The van der Waals surface area contributed by atoms with Gasteiger partial charge in [0.2, 0.25) is 11.8 Å². The van der Waals surface area contributed by atoms with Crippen LogP contribution in [0, 0.1) is 45.9 Å². The van der Waals surface area contributed by atoms with E-state index in [-0.39, 0.29) is 44.2 Å². The fraction of sp³-hybridized carbons (Fsp3) is 0. The lowest BCUT2D eigenvalue weighted by atomic mass is 10.1. The van der Waals surface area contributed by atoms with Crippen molar-refractivity contribution in [2.75, 3.05) is 0 Å². The number of hydrogen-bond acceptors (Lipinski definition) is 6. The zero-order chi connectivity index (χ0) is 22.6. The molecule has 4 aromatic heterocycles. The third kappa shape index (κ3) is 1.77. The molecule has 12 heteroatoms. The molecule has 6 aromatic rings. The number of fused-ring (bicyclic) bond motifs is 8. The zero-order valence-electron chi connectivity index (χ0n) is 15.2. The number of aromatic nitrogens is 4. The summed E-state index contributed by atoms with van der Waals surface area (Å²) in [6, 6.07) is 6.21. The lowest BCUT2D eigenvalue weighted by Gasteiger charge is -2.01. The van der Waals surface area contributed by atoms with Crippen LogP contribution in [0.4, 0.5) is 17.6 Å². The van der Waals surface area contributed by atoms with E-state index in [4.69, 9.17) is 0 Å². The summed E-state index contributed by atoms with van der Waals surface area (Å²) in [4.78, 5) is 7.89. The minimum absolute atomic E-state index is 0.0546. The van der Waals surface area contributed by atoms with Crippen LogP contribution in [-0.2, 0) is 0 Å². The van der Waals surface area contributed by atoms with Crippen LogP contribution in [0.1, 0.15) is 11.4 Å². The SMILES string of the molecule is N#Cc1nc2c3cc4c(O)n5c(nc6c(F)c(F)c(F)c(F)c65)c4cc3c(O)n2c1C#N. The second kappa shape index (κ2) is 5.44. The first-order valence-electron chi connectivity index (χ1n) is 8.79. The molecule has 0 amide bonds. The molecule has 2 aromatic carbocycles. The van der Waals surface area contributed by atoms with Crippen molar-refractivity contribution in [3.8, 4) is 23.9 Å². The van der Waals surface area contributed by atoms with E-state index < -0.39 is 46.1 Å². The molecule has 0 bridgehead atoms. The topological polar surface area (TPSA) is 123 Å². The first-order valence-corrected chi connectivity index (χ1v) is 8.79. The molecule has 0 atom stereocenters. The predicted octanol–water partition coefficient (Wildman–Crippen LogP) is 3.59. The van der Waals surface area contributed by atoms with Gasteiger partial charge in [-0.05, 0) is 12.1 Å². The van der Waals surface area contributed by atoms with Crippen molar-refractivity contribution in [3.63, 3.8) is 0 Å². The monoisotopic (exact) mass is 436 g/mol. The quantitative estimate of drug-likeness (QED) is 0.213. The summed E-state index contributed by atoms with van der Waals surface area (Å²) >= 11 is 0. The van der Waals surface area contributed by atoms with Gasteiger partial charge in [0.25, 0.3) is 0 Å². The molecule has 4 heterocycles. The number of rotatable bonds is 0. The van der Waals surface area contributed by atoms with Crippen LogP contribution in [0.3, 0.4) is 0 Å². The van der Waals surface area contributed by atoms with Gasteiger partial charge in [-0.3, -0.25) is 8.80 Å². The number of hydrogen-bond donors (Lipinski definition) is 2. The lowest BCUT2D eigenvalue weighted by molar-refractivity contribution is 0.415. The molecule has 0 aliphatic heterocycles. The summed E-state index contributed by atoms with van der Waals surface area (Å²) in [6.07, 6.45) is 0. The Morgan fingerprint density at radius 1 is 0.719 bits per heavy atom. The van der Waals surface area contributed by atoms with Crippen LogP contribution in [-0.4, -0.2) is 29.0 Å². The average molecular weight is 436 g/mol. The van der Waals surface area contributed by atoms with Gasteiger partial charge in [-0.1, -0.05) is 0 Å². The molecule has 8 nitrogen and oxygen atoms in total. The van der Waals surface area contributed by atoms with Gasteiger partial charge in [0, 0.05) is 21.5 Å². The second-order valence-electron chi connectivity index (χ2n) is 7.01. The third-order valence-corrected chi connectivity index (χ3v) is 5.51. The Labute approximate surface area is 172 Å². The number of imidazole rings is 2. The van der Waals surface area contributed by atoms with Crippen LogP contribution in [0.15, 0.2) is 12.1 Å². The molecule has 0 spiro atoms. The van der Waals surface area contributed by atoms with Gasteiger partial charge in [-0.25, -0.2) is 27.5 Å². The summed E-state index contributed by atoms with van der Waals surface area (Å²) in [5.41, 5.74) is -2.19. The Kier molecular flexibility index (Phi) is 3.06. The van der Waals surface area contributed by atoms with Crippen molar-refractivity contribution < 1.29 is 27.8 Å². The molecular weight excluding hydrogens is 432 g/mol. The molecule has 2 N–H and O–H groups in total. The van der Waals surface area contributed by atoms with Gasteiger partial charge in [0.15, 0.2) is 34.7 Å². The normalized spacial score (nSPS) is 11.9. The minimum Gasteiger partial charge on any atom is -0.494 e. The average Bonchev–Trinajstić information content (AvgIpc) is 3.50. The van der Waals surface area contributed by atoms with Gasteiger partial charge in [0.05, 0.1) is 0 Å². The molecule has 6 rings (SSSR count). The molecule has 0 radical (unpaired) electrons. The molecule has 32 heavy (non-hydrogen) atoms. The molecule has 0 fully saturated rings. The number of halogens is 4. The maximum absolute atomic E-state index is 14.5. The molecule has 154 valence electrons. The van der Waals surface area contributed by atoms with Crippen molar-refractivity contribution in [1.82, 2.24) is 18.8 Å². The lowest BCUT2D eigenvalue weighted by Crippen LogP contribution is -1.98. The number of benzene rings is 2. The van der Waals surface area contributed by atoms with Crippen LogP contribution < -0.4 is 0 Å². The van der Waals surface area contributed by atoms with E-state index >= 15 is 0 Å². The second-order valence-corrected chi connectivity index (χ2v) is 7.01. The Morgan fingerprint density at radius 3 is 1.88 bits per heavy atom. The van der Waals surface area contributed by atoms with Gasteiger partial charge >= 0.3 is 0 Å². The third-order valence-electron chi connectivity index (χ3n) is 5.51. The Morgan fingerprint density at radius 2 is 1.28 bits per heavy atom. The van der Waals surface area contributed by atoms with Crippen molar-refractivity contribution >= 4 is 43.9 Å². The first kappa shape index (κ1) is 18.0. The molecule has 0 saturated carbocycles. The van der Waals surface area contributed by atoms with Crippen molar-refractivity contribution in [2.24, 2.45) is 0 Å². The Balaban J connectivity index is 1.85. The maximum Gasteiger partial charge on any atom is 0.206 e. The zero-order valence-corrected chi connectivity index (χ0v) is 15.2. The van der Waals surface area contributed by atoms with E-state index in [0.29, 0.717) is 0 Å². The summed E-state index contributed by atoms with van der Waals surface area (Å²) in [5.74, 6) is -8.61. The van der Waals surface area contributed by atoms with E-state index in [1.54, 1.807) is 12.1 Å². The maximum atomic E-state index is 14.5. The van der Waals surface area contributed by atoms with E-state index in [1.165, 1.54) is 12.1 Å². The fourth-order valence-corrected chi connectivity index (χ4v) is 4.13. The molecule has 0 unspecified atom stereocenters. The molecule has 0 aliphatic carbocycles. The first-order chi connectivity index (χ1) is 15.3. The van der Waals surface area contributed by atoms with Crippen molar-refractivity contribution in [2.45, 2.75) is 0 Å². The van der Waals surface area contributed by atoms with Crippen LogP contribution in [0.5, 0.6) is 11.8 Å². The molecule has 0 saturated heterocycles. The highest BCUT2D eigenvalue weighted by atomic mass is 19.2. The number of nitriles is 2. The highest BCUT2D eigenvalue weighted by Gasteiger charge is 2.29. The van der Waals surface area contributed by atoms with Crippen molar-refractivity contribution in [3.05, 3.63) is 46.8 Å². The van der Waals surface area contributed by atoms with Gasteiger partial charge in [-0.15, -0.1) is 0 Å². The van der Waals surface area contributed by atoms with E-state index in [9.17, 15) is 38.3 Å². The van der Waals surface area contributed by atoms with E-state index in [2.05, 4.69) is 9.97 Å². The predicted molar refractivity (Wildman–Crippen MR) is 100 cm³/mol. The van der Waals surface area contributed by atoms with E-state index in [0.717, 1.165) is 8.80 Å². The summed E-state index contributed by atoms with van der Waals surface area (Å²) < 4.78 is 57.9. The largest absolute Gasteiger partial charge is 0.494 e. The van der Waals surface area contributed by atoms with Crippen molar-refractivity contribution in [1.29, 1.82) is 10.5 Å². The molecule has 0 aliphatic rings. The summed E-state index contributed by atoms with van der Waals surface area (Å²) in [5, 5.41) is 40.4. The van der Waals surface area contributed by atoms with Gasteiger partial charge in [0.1, 0.15) is 34.5 Å². The highest BCUT2D eigenvalue weighted by molar-refractivity contribution is 6.14. The van der Waals surface area contributed by atoms with E-state index in [1.807, 2.05) is 0 Å². The van der Waals surface area contributed by atoms with Gasteiger partial charge in [-0.2, -0.15) is 10.5 Å². The summed E-state index contributed by atoms with van der Waals surface area (Å²) in [6.45, 7) is 0. The number of aromatic hydroxyl groups is 2. The minimum atomic E-state index is -2.05. The van der Waals surface area contributed by atoms with Gasteiger partial charge < -0.3 is 10.2 Å². The smallest absolute Gasteiger partial charge is 0.206 e. The fourth-order valence-electron chi connectivity index (χ4n) is 4.13. The summed E-state index contributed by atoms with van der Waals surface area (Å²) in [7, 11) is 0. The van der Waals surface area contributed by atoms with Crippen LogP contribution >= 0.6 is 0 Å². The number of nitrogens with zero attached hydrogens (tertiary/aromatic N) is 6.